The Morgan fingerprint density at radius 3 is 1.45 bits per heavy atom. The number of rotatable bonds is 48. The molecule has 3 amide bonds. The van der Waals surface area contributed by atoms with E-state index in [9.17, 15) is 33.6 Å². The summed E-state index contributed by atoms with van der Waals surface area (Å²) < 4.78 is 48.5. The molecule has 77 heavy (non-hydrogen) atoms. The number of hydrogen-bond acceptors (Lipinski definition) is 19. The first-order valence-corrected chi connectivity index (χ1v) is 26.5. The third kappa shape index (κ3) is 46.8. The second-order valence-corrected chi connectivity index (χ2v) is 21.1. The van der Waals surface area contributed by atoms with Crippen molar-refractivity contribution in [3.63, 3.8) is 0 Å². The van der Waals surface area contributed by atoms with Gasteiger partial charge in [0.05, 0.1) is 91.9 Å². The lowest BCUT2D eigenvalue weighted by Gasteiger charge is -2.24. The minimum Gasteiger partial charge on any atom is -0.460 e. The number of hydrogen-bond donors (Lipinski definition) is 3. The average molecular weight is 1100 g/mol. The molecule has 442 valence electrons. The lowest BCUT2D eigenvalue weighted by Crippen LogP contribution is -2.44. The highest BCUT2D eigenvalue weighted by Crippen LogP contribution is 2.26. The van der Waals surface area contributed by atoms with Gasteiger partial charge in [-0.3, -0.25) is 33.6 Å². The van der Waals surface area contributed by atoms with Crippen molar-refractivity contribution in [1.29, 1.82) is 0 Å². The van der Waals surface area contributed by atoms with Crippen molar-refractivity contribution >= 4 is 41.2 Å². The van der Waals surface area contributed by atoms with E-state index in [1.807, 2.05) is 0 Å². The molecule has 26 heteroatoms. The second-order valence-electron chi connectivity index (χ2n) is 21.1. The maximum atomic E-state index is 14.0. The maximum absolute atomic E-state index is 14.0. The van der Waals surface area contributed by atoms with Gasteiger partial charge >= 0.3 is 12.1 Å². The summed E-state index contributed by atoms with van der Waals surface area (Å²) in [6, 6.07) is -1.02. The highest BCUT2D eigenvalue weighted by molar-refractivity contribution is 5.92. The molecule has 0 aliphatic rings. The Labute approximate surface area is 454 Å². The Morgan fingerprint density at radius 2 is 0.987 bits per heavy atom. The van der Waals surface area contributed by atoms with Crippen molar-refractivity contribution in [3.05, 3.63) is 20.9 Å². The van der Waals surface area contributed by atoms with E-state index in [1.165, 1.54) is 0 Å². The van der Waals surface area contributed by atoms with E-state index in [-0.39, 0.29) is 140 Å². The van der Waals surface area contributed by atoms with Crippen LogP contribution in [0.2, 0.25) is 0 Å². The SMILES string of the molecule is CC(C)(C)CC[C@@H](CC(=O)COCCOCCOCCOCCOCCN=[N+]=[N-])C(=O)NCCCC[C@@H](NC(=O)[C@@H](CCC(=O)OC(C)(C)C)CC(=O)COCCOCCN=[N+]=[N-])C(=O)CCCONC(=O)OC(C)(C)C. The number of unbranched alkanes of at least 4 members (excludes halogenated alkanes) is 1. The highest BCUT2D eigenvalue weighted by Gasteiger charge is 2.29. The van der Waals surface area contributed by atoms with Crippen LogP contribution in [0.5, 0.6) is 0 Å². The minimum atomic E-state index is -1.02. The van der Waals surface area contributed by atoms with Crippen LogP contribution in [0.1, 0.15) is 133 Å². The lowest BCUT2D eigenvalue weighted by atomic mass is 9.85. The summed E-state index contributed by atoms with van der Waals surface area (Å²) in [4.78, 5) is 103. The van der Waals surface area contributed by atoms with Crippen LogP contribution in [0.3, 0.4) is 0 Å². The molecule has 0 rings (SSSR count). The molecule has 0 aliphatic carbocycles. The van der Waals surface area contributed by atoms with E-state index in [2.05, 4.69) is 56.9 Å². The van der Waals surface area contributed by atoms with Crippen molar-refractivity contribution in [2.24, 2.45) is 27.5 Å². The molecule has 0 aliphatic heterocycles. The average Bonchev–Trinajstić information content (AvgIpc) is 3.33. The van der Waals surface area contributed by atoms with Crippen LogP contribution < -0.4 is 16.1 Å². The van der Waals surface area contributed by atoms with Crippen molar-refractivity contribution in [2.45, 2.75) is 150 Å². The number of carbonyl (C=O) groups excluding carboxylic acids is 7. The van der Waals surface area contributed by atoms with E-state index < -0.39 is 52.8 Å². The first-order valence-electron chi connectivity index (χ1n) is 26.5. The molecule has 0 radical (unpaired) electrons. The third-order valence-corrected chi connectivity index (χ3v) is 10.4. The highest BCUT2D eigenvalue weighted by atomic mass is 16.7. The lowest BCUT2D eigenvalue weighted by molar-refractivity contribution is -0.155. The van der Waals surface area contributed by atoms with Crippen LogP contribution in [0, 0.1) is 17.3 Å². The summed E-state index contributed by atoms with van der Waals surface area (Å²) >= 11 is 0. The van der Waals surface area contributed by atoms with Gasteiger partial charge < -0.3 is 53.3 Å². The molecule has 0 saturated carbocycles. The van der Waals surface area contributed by atoms with Crippen LogP contribution in [0.4, 0.5) is 4.79 Å². The van der Waals surface area contributed by atoms with Crippen LogP contribution in [0.15, 0.2) is 10.2 Å². The van der Waals surface area contributed by atoms with Crippen LogP contribution in [0.25, 0.3) is 20.9 Å². The van der Waals surface area contributed by atoms with E-state index in [1.54, 1.807) is 41.5 Å². The Balaban J connectivity index is 5.52. The molecular weight excluding hydrogens is 1010 g/mol. The molecule has 0 fully saturated rings. The normalized spacial score (nSPS) is 12.8. The number of amides is 3. The quantitative estimate of drug-likeness (QED) is 0.0148. The zero-order valence-electron chi connectivity index (χ0n) is 47.4. The Hall–Kier alpha value is -5.01. The van der Waals surface area contributed by atoms with E-state index >= 15 is 0 Å². The number of carbonyl (C=O) groups is 7. The molecule has 0 unspecified atom stereocenters. The van der Waals surface area contributed by atoms with Crippen molar-refractivity contribution < 1.29 is 81.0 Å². The first-order chi connectivity index (χ1) is 36.5. The maximum Gasteiger partial charge on any atom is 0.431 e. The van der Waals surface area contributed by atoms with Gasteiger partial charge in [0, 0.05) is 67.0 Å². The molecule has 0 heterocycles. The van der Waals surface area contributed by atoms with Gasteiger partial charge in [-0.1, -0.05) is 31.0 Å². The Kier molecular flexibility index (Phi) is 41.1. The first kappa shape index (κ1) is 72.0. The summed E-state index contributed by atoms with van der Waals surface area (Å²) in [7, 11) is 0. The van der Waals surface area contributed by atoms with Crippen LogP contribution >= 0.6 is 0 Å². The fourth-order valence-corrected chi connectivity index (χ4v) is 6.72. The molecular formula is C51H91N9O17. The topological polar surface area (TPSA) is 345 Å². The summed E-state index contributed by atoms with van der Waals surface area (Å²) in [5.74, 6) is -4.09. The summed E-state index contributed by atoms with van der Waals surface area (Å²) in [6.45, 7) is 19.8. The minimum absolute atomic E-state index is 0.0154. The fourth-order valence-electron chi connectivity index (χ4n) is 6.72. The number of nitrogens with zero attached hydrogens (tertiary/aromatic N) is 6. The predicted molar refractivity (Wildman–Crippen MR) is 282 cm³/mol. The van der Waals surface area contributed by atoms with E-state index in [0.717, 1.165) is 0 Å². The molecule has 0 bridgehead atoms. The Morgan fingerprint density at radius 1 is 0.519 bits per heavy atom. The second kappa shape index (κ2) is 43.9. The van der Waals surface area contributed by atoms with E-state index in [4.69, 9.17) is 58.5 Å². The summed E-state index contributed by atoms with van der Waals surface area (Å²) in [5, 5.41) is 12.5. The molecule has 0 spiro atoms. The van der Waals surface area contributed by atoms with Crippen molar-refractivity contribution in [3.8, 4) is 0 Å². The fraction of sp³-hybridized carbons (Fsp3) is 0.863. The van der Waals surface area contributed by atoms with Crippen LogP contribution in [-0.2, 0) is 76.2 Å². The number of azide groups is 2. The van der Waals surface area contributed by atoms with Crippen molar-refractivity contribution in [1.82, 2.24) is 16.1 Å². The van der Waals surface area contributed by atoms with Gasteiger partial charge in [0.25, 0.3) is 0 Å². The summed E-state index contributed by atoms with van der Waals surface area (Å²) in [6.07, 6.45) is 0.921. The predicted octanol–water partition coefficient (Wildman–Crippen LogP) is 6.40. The number of Topliss-reactive ketones (excluding diaryl/α,β-unsaturated/α-hetero) is 3. The van der Waals surface area contributed by atoms with Crippen molar-refractivity contribution in [2.75, 3.05) is 119 Å². The molecule has 0 aromatic heterocycles. The van der Waals surface area contributed by atoms with Gasteiger partial charge in [0.1, 0.15) is 24.4 Å². The molecule has 3 N–H and O–H groups in total. The van der Waals surface area contributed by atoms with E-state index in [0.29, 0.717) is 71.9 Å². The van der Waals surface area contributed by atoms with Gasteiger partial charge in [0.2, 0.25) is 11.8 Å². The third-order valence-electron chi connectivity index (χ3n) is 10.4. The number of ether oxygens (including phenoxy) is 9. The molecule has 26 nitrogen and oxygen atoms in total. The smallest absolute Gasteiger partial charge is 0.431 e. The van der Waals surface area contributed by atoms with Gasteiger partial charge in [-0.25, -0.2) is 4.79 Å². The van der Waals surface area contributed by atoms with Crippen LogP contribution in [-0.4, -0.2) is 177 Å². The zero-order chi connectivity index (χ0) is 57.8. The molecule has 0 aromatic rings. The monoisotopic (exact) mass is 1100 g/mol. The zero-order valence-corrected chi connectivity index (χ0v) is 47.4. The number of nitrogens with one attached hydrogen (secondary N) is 3. The summed E-state index contributed by atoms with van der Waals surface area (Å²) in [5.41, 5.74) is 17.2. The van der Waals surface area contributed by atoms with Gasteiger partial charge in [-0.2, -0.15) is 5.48 Å². The van der Waals surface area contributed by atoms with Gasteiger partial charge in [0.15, 0.2) is 17.3 Å². The standard InChI is InChI=1S/C51H91N9O17/c1-49(2,3)18-17-40(36-42(62)38-74-34-32-72-30-29-71-28-27-70-26-25-68-23-20-55-59-52)46(65)54-19-11-10-13-43(44(63)14-12-22-75-58-48(67)77-51(7,8)9)57-47(66)39(15-16-45(64)76-50(4,5)6)35-41(61)37-73-33-31-69-24-21-56-60-53/h39-40,43H,10-38H2,1-9H3,(H,54,65)(H,57,66)(H,58,67)/t39-,40-,43+/m0/s1. The number of hydroxylamine groups is 1. The van der Waals surface area contributed by atoms with Gasteiger partial charge in [-0.15, -0.1) is 0 Å². The number of esters is 1. The number of ketones is 3. The molecule has 0 aromatic carbocycles. The van der Waals surface area contributed by atoms with Gasteiger partial charge in [-0.05, 0) is 103 Å². The largest absolute Gasteiger partial charge is 0.460 e. The Bertz CT molecular complexity index is 1790. The molecule has 3 atom stereocenters. The molecule has 0 saturated heterocycles.